The van der Waals surface area contributed by atoms with E-state index in [1.54, 1.807) is 6.07 Å². The van der Waals surface area contributed by atoms with Gasteiger partial charge >= 0.3 is 0 Å². The Balaban J connectivity index is 1.91. The molecule has 19 heavy (non-hydrogen) atoms. The monoisotopic (exact) mass is 262 g/mol. The minimum absolute atomic E-state index is 0.352. The van der Waals surface area contributed by atoms with Crippen molar-refractivity contribution in [3.05, 3.63) is 35.1 Å². The Bertz CT molecular complexity index is 464. The molecule has 1 heterocycles. The van der Waals surface area contributed by atoms with Crippen LogP contribution >= 0.6 is 0 Å². The van der Waals surface area contributed by atoms with E-state index in [0.717, 1.165) is 31.6 Å². The molecule has 1 aromatic carbocycles. The Morgan fingerprint density at radius 2 is 2.16 bits per heavy atom. The molecule has 1 fully saturated rings. The van der Waals surface area contributed by atoms with Crippen LogP contribution in [0.25, 0.3) is 0 Å². The lowest BCUT2D eigenvalue weighted by Gasteiger charge is -2.28. The van der Waals surface area contributed by atoms with Gasteiger partial charge in [0, 0.05) is 25.8 Å². The molecule has 0 amide bonds. The van der Waals surface area contributed by atoms with Crippen LogP contribution in [0.5, 0.6) is 0 Å². The summed E-state index contributed by atoms with van der Waals surface area (Å²) in [6, 6.07) is 6.81. The summed E-state index contributed by atoms with van der Waals surface area (Å²) in [5, 5.41) is 12.2. The maximum atomic E-state index is 13.3. The topological polar surface area (TPSA) is 45.0 Å². The third kappa shape index (κ3) is 4.02. The van der Waals surface area contributed by atoms with Crippen molar-refractivity contribution in [1.82, 2.24) is 5.32 Å². The molecule has 0 aliphatic carbocycles. The van der Waals surface area contributed by atoms with Gasteiger partial charge in [-0.25, -0.2) is 4.39 Å². The molecule has 0 aromatic heterocycles. The van der Waals surface area contributed by atoms with Gasteiger partial charge in [0.05, 0.1) is 11.6 Å². The summed E-state index contributed by atoms with van der Waals surface area (Å²) in [7, 11) is 0. The average molecular weight is 262 g/mol. The van der Waals surface area contributed by atoms with Gasteiger partial charge in [0.25, 0.3) is 0 Å². The van der Waals surface area contributed by atoms with E-state index in [0.29, 0.717) is 24.1 Å². The molecule has 2 rings (SSSR count). The van der Waals surface area contributed by atoms with Crippen molar-refractivity contribution in [2.75, 3.05) is 13.2 Å². The average Bonchev–Trinajstić information content (AvgIpc) is 2.45. The second-order valence-corrected chi connectivity index (χ2v) is 5.08. The van der Waals surface area contributed by atoms with Crippen LogP contribution in [0.4, 0.5) is 4.39 Å². The van der Waals surface area contributed by atoms with Crippen molar-refractivity contribution in [3.8, 4) is 6.07 Å². The highest BCUT2D eigenvalue weighted by Crippen LogP contribution is 2.19. The lowest BCUT2D eigenvalue weighted by molar-refractivity contribution is 0.0558. The number of rotatable bonds is 4. The zero-order chi connectivity index (χ0) is 13.7. The fourth-order valence-corrected chi connectivity index (χ4v) is 2.48. The SMILES string of the molecule is CC(NCc1cc(F)cc(C#N)c1)C1CCOCC1. The molecule has 1 N–H and O–H groups in total. The Morgan fingerprint density at radius 1 is 1.42 bits per heavy atom. The second-order valence-electron chi connectivity index (χ2n) is 5.08. The predicted octanol–water partition coefficient (Wildman–Crippen LogP) is 2.60. The van der Waals surface area contributed by atoms with Crippen LogP contribution in [0.2, 0.25) is 0 Å². The van der Waals surface area contributed by atoms with Gasteiger partial charge in [-0.2, -0.15) is 5.26 Å². The molecule has 0 spiro atoms. The summed E-state index contributed by atoms with van der Waals surface area (Å²) in [4.78, 5) is 0. The third-order valence-electron chi connectivity index (χ3n) is 3.69. The molecule has 1 unspecified atom stereocenters. The molecular formula is C15H19FN2O. The fourth-order valence-electron chi connectivity index (χ4n) is 2.48. The summed E-state index contributed by atoms with van der Waals surface area (Å²) in [5.74, 6) is 0.257. The normalized spacial score (nSPS) is 17.9. The van der Waals surface area contributed by atoms with Gasteiger partial charge in [-0.1, -0.05) is 0 Å². The van der Waals surface area contributed by atoms with Gasteiger partial charge in [0.15, 0.2) is 0 Å². The van der Waals surface area contributed by atoms with Crippen LogP contribution in [-0.2, 0) is 11.3 Å². The highest BCUT2D eigenvalue weighted by atomic mass is 19.1. The number of benzene rings is 1. The van der Waals surface area contributed by atoms with E-state index in [2.05, 4.69) is 12.2 Å². The molecule has 1 aliphatic rings. The van der Waals surface area contributed by atoms with Crippen LogP contribution in [0.15, 0.2) is 18.2 Å². The number of nitrogens with zero attached hydrogens (tertiary/aromatic N) is 1. The predicted molar refractivity (Wildman–Crippen MR) is 71.0 cm³/mol. The van der Waals surface area contributed by atoms with Gasteiger partial charge in [0.2, 0.25) is 0 Å². The first-order valence-corrected chi connectivity index (χ1v) is 6.69. The first kappa shape index (κ1) is 14.0. The second kappa shape index (κ2) is 6.65. The molecule has 1 aliphatic heterocycles. The molecule has 1 aromatic rings. The van der Waals surface area contributed by atoms with E-state index in [4.69, 9.17) is 10.00 Å². The van der Waals surface area contributed by atoms with Crippen LogP contribution in [-0.4, -0.2) is 19.3 Å². The molecule has 1 atom stereocenters. The molecule has 3 nitrogen and oxygen atoms in total. The first-order valence-electron chi connectivity index (χ1n) is 6.69. The van der Waals surface area contributed by atoms with Crippen molar-refractivity contribution in [3.63, 3.8) is 0 Å². The third-order valence-corrected chi connectivity index (χ3v) is 3.69. The van der Waals surface area contributed by atoms with Crippen molar-refractivity contribution in [1.29, 1.82) is 5.26 Å². The summed E-state index contributed by atoms with van der Waals surface area (Å²) in [6.07, 6.45) is 2.14. The lowest BCUT2D eigenvalue weighted by Crippen LogP contribution is -2.36. The fraction of sp³-hybridized carbons (Fsp3) is 0.533. The van der Waals surface area contributed by atoms with Crippen LogP contribution in [0, 0.1) is 23.1 Å². The number of halogens is 1. The number of hydrogen-bond acceptors (Lipinski definition) is 3. The van der Waals surface area contributed by atoms with Crippen molar-refractivity contribution in [2.24, 2.45) is 5.92 Å². The molecule has 1 saturated heterocycles. The summed E-state index contributed by atoms with van der Waals surface area (Å²) in [6.45, 7) is 4.40. The molecule has 4 heteroatoms. The van der Waals surface area contributed by atoms with Crippen molar-refractivity contribution >= 4 is 0 Å². The largest absolute Gasteiger partial charge is 0.381 e. The maximum Gasteiger partial charge on any atom is 0.124 e. The van der Waals surface area contributed by atoms with E-state index in [9.17, 15) is 4.39 Å². The Labute approximate surface area is 113 Å². The van der Waals surface area contributed by atoms with Crippen LogP contribution < -0.4 is 5.32 Å². The number of hydrogen-bond donors (Lipinski definition) is 1. The van der Waals surface area contributed by atoms with E-state index in [1.165, 1.54) is 12.1 Å². The zero-order valence-electron chi connectivity index (χ0n) is 11.2. The Morgan fingerprint density at radius 3 is 2.84 bits per heavy atom. The summed E-state index contributed by atoms with van der Waals surface area (Å²) >= 11 is 0. The van der Waals surface area contributed by atoms with Crippen molar-refractivity contribution < 1.29 is 9.13 Å². The Kier molecular flexibility index (Phi) is 4.89. The van der Waals surface area contributed by atoms with Crippen LogP contribution in [0.3, 0.4) is 0 Å². The van der Waals surface area contributed by atoms with E-state index < -0.39 is 0 Å². The standard InChI is InChI=1S/C15H19FN2O/c1-11(14-2-4-19-5-3-14)18-10-13-6-12(9-17)7-15(16)8-13/h6-8,11,14,18H,2-5,10H2,1H3. The van der Waals surface area contributed by atoms with E-state index >= 15 is 0 Å². The maximum absolute atomic E-state index is 13.3. The van der Waals surface area contributed by atoms with E-state index in [-0.39, 0.29) is 5.82 Å². The minimum atomic E-state index is -0.352. The van der Waals surface area contributed by atoms with Gasteiger partial charge in [-0.05, 0) is 49.4 Å². The first-order chi connectivity index (χ1) is 9.19. The molecule has 0 saturated carbocycles. The smallest absolute Gasteiger partial charge is 0.124 e. The molecule has 0 radical (unpaired) electrons. The summed E-state index contributed by atoms with van der Waals surface area (Å²) < 4.78 is 18.6. The van der Waals surface area contributed by atoms with Gasteiger partial charge < -0.3 is 10.1 Å². The number of nitriles is 1. The van der Waals surface area contributed by atoms with Gasteiger partial charge in [0.1, 0.15) is 5.82 Å². The molecule has 102 valence electrons. The Hall–Kier alpha value is -1.44. The highest BCUT2D eigenvalue weighted by Gasteiger charge is 2.19. The lowest BCUT2D eigenvalue weighted by atomic mass is 9.93. The van der Waals surface area contributed by atoms with Gasteiger partial charge in [-0.3, -0.25) is 0 Å². The van der Waals surface area contributed by atoms with Crippen LogP contribution in [0.1, 0.15) is 30.9 Å². The highest BCUT2D eigenvalue weighted by molar-refractivity contribution is 5.33. The number of nitrogens with one attached hydrogen (secondary N) is 1. The summed E-state index contributed by atoms with van der Waals surface area (Å²) in [5.41, 5.74) is 1.19. The molecule has 0 bridgehead atoms. The number of ether oxygens (including phenoxy) is 1. The zero-order valence-corrected chi connectivity index (χ0v) is 11.2. The molecular weight excluding hydrogens is 243 g/mol. The quantitative estimate of drug-likeness (QED) is 0.907. The van der Waals surface area contributed by atoms with Crippen molar-refractivity contribution in [2.45, 2.75) is 32.4 Å². The van der Waals surface area contributed by atoms with E-state index in [1.807, 2.05) is 6.07 Å². The minimum Gasteiger partial charge on any atom is -0.381 e. The van der Waals surface area contributed by atoms with Gasteiger partial charge in [-0.15, -0.1) is 0 Å².